The molecule has 1 nitrogen and oxygen atoms in total. The lowest BCUT2D eigenvalue weighted by Gasteiger charge is -2.09. The molecular weight excluding hydrogens is 215 g/mol. The van der Waals surface area contributed by atoms with E-state index in [1.807, 2.05) is 32.0 Å². The van der Waals surface area contributed by atoms with Gasteiger partial charge < -0.3 is 4.74 Å². The van der Waals surface area contributed by atoms with E-state index in [4.69, 9.17) is 4.74 Å². The molecule has 17 heavy (non-hydrogen) atoms. The van der Waals surface area contributed by atoms with Crippen LogP contribution < -0.4 is 4.74 Å². The van der Waals surface area contributed by atoms with Gasteiger partial charge in [-0.1, -0.05) is 29.8 Å². The summed E-state index contributed by atoms with van der Waals surface area (Å²) in [6.07, 6.45) is 0. The van der Waals surface area contributed by atoms with E-state index < -0.39 is 0 Å². The van der Waals surface area contributed by atoms with Gasteiger partial charge in [0.15, 0.2) is 0 Å². The summed E-state index contributed by atoms with van der Waals surface area (Å²) < 4.78 is 18.6. The van der Waals surface area contributed by atoms with Crippen molar-refractivity contribution in [3.05, 3.63) is 65.0 Å². The maximum atomic E-state index is 13.0. The Labute approximate surface area is 101 Å². The molecular formula is C15H15FO. The lowest BCUT2D eigenvalue weighted by molar-refractivity contribution is 0.303. The van der Waals surface area contributed by atoms with Gasteiger partial charge in [-0.05, 0) is 43.2 Å². The first-order chi connectivity index (χ1) is 8.15. The minimum absolute atomic E-state index is 0.230. The summed E-state index contributed by atoms with van der Waals surface area (Å²) in [5.74, 6) is 0.617. The fourth-order valence-corrected chi connectivity index (χ4v) is 1.75. The highest BCUT2D eigenvalue weighted by atomic mass is 19.1. The van der Waals surface area contributed by atoms with Crippen LogP contribution in [0.5, 0.6) is 5.75 Å². The van der Waals surface area contributed by atoms with Gasteiger partial charge in [0.25, 0.3) is 0 Å². The van der Waals surface area contributed by atoms with Crippen molar-refractivity contribution >= 4 is 0 Å². The second-order valence-electron chi connectivity index (χ2n) is 4.19. The van der Waals surface area contributed by atoms with Gasteiger partial charge in [-0.2, -0.15) is 0 Å². The Morgan fingerprint density at radius 2 is 1.88 bits per heavy atom. The molecule has 2 rings (SSSR count). The van der Waals surface area contributed by atoms with Crippen LogP contribution in [0.3, 0.4) is 0 Å². The van der Waals surface area contributed by atoms with Crippen LogP contribution in [0.15, 0.2) is 42.5 Å². The Kier molecular flexibility index (Phi) is 3.43. The van der Waals surface area contributed by atoms with Crippen molar-refractivity contribution in [2.24, 2.45) is 0 Å². The molecule has 0 bridgehead atoms. The molecule has 0 amide bonds. The van der Waals surface area contributed by atoms with Gasteiger partial charge in [-0.25, -0.2) is 4.39 Å². The zero-order valence-corrected chi connectivity index (χ0v) is 10.0. The Bertz CT molecular complexity index is 520. The van der Waals surface area contributed by atoms with E-state index in [2.05, 4.69) is 6.07 Å². The van der Waals surface area contributed by atoms with E-state index in [0.717, 1.165) is 16.9 Å². The summed E-state index contributed by atoms with van der Waals surface area (Å²) in [6, 6.07) is 12.5. The normalized spacial score (nSPS) is 10.3. The van der Waals surface area contributed by atoms with Crippen LogP contribution in [-0.2, 0) is 6.61 Å². The van der Waals surface area contributed by atoms with Crippen LogP contribution in [0.25, 0.3) is 0 Å². The molecule has 0 radical (unpaired) electrons. The number of hydrogen-bond donors (Lipinski definition) is 0. The second kappa shape index (κ2) is 5.00. The molecule has 0 heterocycles. The Balaban J connectivity index is 2.07. The predicted molar refractivity (Wildman–Crippen MR) is 66.6 cm³/mol. The maximum Gasteiger partial charge on any atom is 0.123 e. The predicted octanol–water partition coefficient (Wildman–Crippen LogP) is 4.02. The van der Waals surface area contributed by atoms with Gasteiger partial charge in [0.2, 0.25) is 0 Å². The topological polar surface area (TPSA) is 9.23 Å². The molecule has 0 unspecified atom stereocenters. The fourth-order valence-electron chi connectivity index (χ4n) is 1.75. The Morgan fingerprint density at radius 3 is 2.59 bits per heavy atom. The van der Waals surface area contributed by atoms with Crippen molar-refractivity contribution < 1.29 is 9.13 Å². The van der Waals surface area contributed by atoms with Crippen LogP contribution in [-0.4, -0.2) is 0 Å². The van der Waals surface area contributed by atoms with Crippen molar-refractivity contribution in [3.8, 4) is 5.75 Å². The highest BCUT2D eigenvalue weighted by Gasteiger charge is 2.01. The van der Waals surface area contributed by atoms with Crippen LogP contribution >= 0.6 is 0 Å². The van der Waals surface area contributed by atoms with E-state index in [-0.39, 0.29) is 5.82 Å². The third-order valence-corrected chi connectivity index (χ3v) is 2.61. The molecule has 88 valence electrons. The molecule has 0 fully saturated rings. The molecule has 0 aliphatic rings. The molecule has 2 heteroatoms. The van der Waals surface area contributed by atoms with Crippen molar-refractivity contribution in [2.45, 2.75) is 20.5 Å². The largest absolute Gasteiger partial charge is 0.489 e. The first-order valence-corrected chi connectivity index (χ1v) is 5.59. The van der Waals surface area contributed by atoms with E-state index >= 15 is 0 Å². The quantitative estimate of drug-likeness (QED) is 0.773. The smallest absolute Gasteiger partial charge is 0.123 e. The molecule has 0 saturated carbocycles. The monoisotopic (exact) mass is 230 g/mol. The average Bonchev–Trinajstić information content (AvgIpc) is 2.28. The molecule has 0 aliphatic carbocycles. The molecule has 0 N–H and O–H groups in total. The Hall–Kier alpha value is -1.83. The summed E-state index contributed by atoms with van der Waals surface area (Å²) in [7, 11) is 0. The first-order valence-electron chi connectivity index (χ1n) is 5.59. The summed E-state index contributed by atoms with van der Waals surface area (Å²) in [5, 5.41) is 0. The fraction of sp³-hybridized carbons (Fsp3) is 0.200. The maximum absolute atomic E-state index is 13.0. The number of aryl methyl sites for hydroxylation is 2. The van der Waals surface area contributed by atoms with Gasteiger partial charge in [0.1, 0.15) is 18.2 Å². The summed E-state index contributed by atoms with van der Waals surface area (Å²) >= 11 is 0. The third-order valence-electron chi connectivity index (χ3n) is 2.61. The Morgan fingerprint density at radius 1 is 1.06 bits per heavy atom. The standard InChI is InChI=1S/C15H15FO/c1-11-6-7-15(12(2)8-11)17-10-13-4-3-5-14(16)9-13/h3-9H,10H2,1-2H3. The molecule has 2 aromatic rings. The van der Waals surface area contributed by atoms with E-state index in [1.54, 1.807) is 6.07 Å². The summed E-state index contributed by atoms with van der Waals surface area (Å²) in [6.45, 7) is 4.44. The zero-order chi connectivity index (χ0) is 12.3. The van der Waals surface area contributed by atoms with E-state index in [0.29, 0.717) is 6.61 Å². The number of halogens is 1. The van der Waals surface area contributed by atoms with Gasteiger partial charge >= 0.3 is 0 Å². The van der Waals surface area contributed by atoms with Crippen LogP contribution in [0.4, 0.5) is 4.39 Å². The number of hydrogen-bond acceptors (Lipinski definition) is 1. The lowest BCUT2D eigenvalue weighted by Crippen LogP contribution is -1.97. The number of benzene rings is 2. The minimum Gasteiger partial charge on any atom is -0.489 e. The van der Waals surface area contributed by atoms with Crippen molar-refractivity contribution in [2.75, 3.05) is 0 Å². The van der Waals surface area contributed by atoms with Crippen molar-refractivity contribution in [3.63, 3.8) is 0 Å². The first kappa shape index (κ1) is 11.6. The summed E-state index contributed by atoms with van der Waals surface area (Å²) in [4.78, 5) is 0. The highest BCUT2D eigenvalue weighted by molar-refractivity contribution is 5.35. The molecule has 0 aromatic heterocycles. The van der Waals surface area contributed by atoms with Crippen LogP contribution in [0.1, 0.15) is 16.7 Å². The molecule has 0 atom stereocenters. The molecule has 2 aromatic carbocycles. The molecule has 0 aliphatic heterocycles. The second-order valence-corrected chi connectivity index (χ2v) is 4.19. The van der Waals surface area contributed by atoms with Crippen LogP contribution in [0.2, 0.25) is 0 Å². The minimum atomic E-state index is -0.230. The average molecular weight is 230 g/mol. The zero-order valence-electron chi connectivity index (χ0n) is 10.0. The SMILES string of the molecule is Cc1ccc(OCc2cccc(F)c2)c(C)c1. The van der Waals surface area contributed by atoms with Crippen molar-refractivity contribution in [1.29, 1.82) is 0 Å². The van der Waals surface area contributed by atoms with Crippen LogP contribution in [0, 0.1) is 19.7 Å². The van der Waals surface area contributed by atoms with E-state index in [9.17, 15) is 4.39 Å². The lowest BCUT2D eigenvalue weighted by atomic mass is 10.1. The number of ether oxygens (including phenoxy) is 1. The highest BCUT2D eigenvalue weighted by Crippen LogP contribution is 2.20. The van der Waals surface area contributed by atoms with Gasteiger partial charge in [0.05, 0.1) is 0 Å². The number of rotatable bonds is 3. The van der Waals surface area contributed by atoms with Gasteiger partial charge in [-0.15, -0.1) is 0 Å². The third kappa shape index (κ3) is 3.06. The molecule has 0 saturated heterocycles. The molecule has 0 spiro atoms. The van der Waals surface area contributed by atoms with Gasteiger partial charge in [-0.3, -0.25) is 0 Å². The van der Waals surface area contributed by atoms with E-state index in [1.165, 1.54) is 17.7 Å². The van der Waals surface area contributed by atoms with Gasteiger partial charge in [0, 0.05) is 0 Å². The van der Waals surface area contributed by atoms with Crippen molar-refractivity contribution in [1.82, 2.24) is 0 Å². The summed E-state index contributed by atoms with van der Waals surface area (Å²) in [5.41, 5.74) is 3.15.